The quantitative estimate of drug-likeness (QED) is 0.0304. The van der Waals surface area contributed by atoms with Crippen LogP contribution in [0.2, 0.25) is 0 Å². The minimum absolute atomic E-state index is 0.0984. The van der Waals surface area contributed by atoms with Gasteiger partial charge in [0.05, 0.1) is 40.6 Å². The molecule has 12 nitrogen and oxygen atoms in total. The highest BCUT2D eigenvalue weighted by molar-refractivity contribution is 5.92. The molecule has 0 saturated carbocycles. The Hall–Kier alpha value is -4.81. The standard InChI is InChI=1S/C44H60O12/c1-44(2,3)56-43(47)33-55-42(46)29-41(45)54-32-36-26-39(52-24-12-8-6-10-22-50-30-34-14-18-37(48-4)19-15-34)28-40(27-36)53-25-13-9-7-11-23-51-31-35-16-20-38(49-5)21-17-35/h14-21,26-28H,6-13,22-25,29-33H2,1-5H3. The molecule has 0 aromatic heterocycles. The zero-order valence-corrected chi connectivity index (χ0v) is 33.8. The summed E-state index contributed by atoms with van der Waals surface area (Å²) in [4.78, 5) is 36.3. The zero-order chi connectivity index (χ0) is 40.4. The monoisotopic (exact) mass is 780 g/mol. The third-order valence-electron chi connectivity index (χ3n) is 8.16. The minimum atomic E-state index is -0.880. The molecule has 308 valence electrons. The lowest BCUT2D eigenvalue weighted by Gasteiger charge is -2.19. The maximum absolute atomic E-state index is 12.4. The van der Waals surface area contributed by atoms with Gasteiger partial charge < -0.3 is 42.6 Å². The van der Waals surface area contributed by atoms with Crippen molar-refractivity contribution < 1.29 is 57.0 Å². The maximum Gasteiger partial charge on any atom is 0.344 e. The number of benzene rings is 3. The van der Waals surface area contributed by atoms with Crippen LogP contribution in [0.3, 0.4) is 0 Å². The first-order valence-corrected chi connectivity index (χ1v) is 19.4. The lowest BCUT2D eigenvalue weighted by molar-refractivity contribution is -0.168. The summed E-state index contributed by atoms with van der Waals surface area (Å²) >= 11 is 0. The molecule has 56 heavy (non-hydrogen) atoms. The van der Waals surface area contributed by atoms with Gasteiger partial charge >= 0.3 is 17.9 Å². The Kier molecular flexibility index (Phi) is 21.3. The molecule has 12 heteroatoms. The van der Waals surface area contributed by atoms with Crippen molar-refractivity contribution in [3.8, 4) is 23.0 Å². The highest BCUT2D eigenvalue weighted by Crippen LogP contribution is 2.25. The van der Waals surface area contributed by atoms with Crippen LogP contribution in [0.5, 0.6) is 23.0 Å². The van der Waals surface area contributed by atoms with Crippen molar-refractivity contribution in [2.24, 2.45) is 0 Å². The van der Waals surface area contributed by atoms with E-state index in [1.54, 1.807) is 47.1 Å². The third-order valence-corrected chi connectivity index (χ3v) is 8.16. The fourth-order valence-electron chi connectivity index (χ4n) is 5.30. The van der Waals surface area contributed by atoms with E-state index in [2.05, 4.69) is 0 Å². The molecule has 0 radical (unpaired) electrons. The minimum Gasteiger partial charge on any atom is -0.497 e. The van der Waals surface area contributed by atoms with Gasteiger partial charge in [-0.05, 0) is 112 Å². The molecule has 0 heterocycles. The molecule has 3 aromatic carbocycles. The molecule has 0 amide bonds. The van der Waals surface area contributed by atoms with Gasteiger partial charge in [0, 0.05) is 19.3 Å². The van der Waals surface area contributed by atoms with Crippen LogP contribution in [-0.4, -0.2) is 70.8 Å². The molecule has 3 aromatic rings. The van der Waals surface area contributed by atoms with Crippen molar-refractivity contribution in [1.82, 2.24) is 0 Å². The van der Waals surface area contributed by atoms with Crippen molar-refractivity contribution in [3.05, 3.63) is 83.4 Å². The topological polar surface area (TPSA) is 134 Å². The smallest absolute Gasteiger partial charge is 0.344 e. The molecule has 0 fully saturated rings. The van der Waals surface area contributed by atoms with Gasteiger partial charge in [-0.3, -0.25) is 9.59 Å². The average molecular weight is 781 g/mol. The van der Waals surface area contributed by atoms with E-state index in [0.717, 1.165) is 74.0 Å². The maximum atomic E-state index is 12.4. The first kappa shape index (κ1) is 45.6. The fraction of sp³-hybridized carbons (Fsp3) is 0.523. The summed E-state index contributed by atoms with van der Waals surface area (Å²) in [5.41, 5.74) is 2.16. The molecule has 0 N–H and O–H groups in total. The van der Waals surface area contributed by atoms with E-state index < -0.39 is 36.5 Å². The van der Waals surface area contributed by atoms with E-state index in [4.69, 9.17) is 42.6 Å². The van der Waals surface area contributed by atoms with E-state index in [9.17, 15) is 14.4 Å². The number of ether oxygens (including phenoxy) is 9. The van der Waals surface area contributed by atoms with Crippen LogP contribution < -0.4 is 18.9 Å². The van der Waals surface area contributed by atoms with Crippen molar-refractivity contribution >= 4 is 17.9 Å². The van der Waals surface area contributed by atoms with Gasteiger partial charge in [-0.15, -0.1) is 0 Å². The lowest BCUT2D eigenvalue weighted by Crippen LogP contribution is -2.27. The van der Waals surface area contributed by atoms with Crippen LogP contribution in [0.15, 0.2) is 66.7 Å². The number of carbonyl (C=O) groups excluding carboxylic acids is 3. The van der Waals surface area contributed by atoms with E-state index >= 15 is 0 Å². The van der Waals surface area contributed by atoms with E-state index in [1.807, 2.05) is 54.6 Å². The van der Waals surface area contributed by atoms with Gasteiger partial charge in [-0.2, -0.15) is 0 Å². The van der Waals surface area contributed by atoms with E-state index in [1.165, 1.54) is 0 Å². The second-order valence-corrected chi connectivity index (χ2v) is 14.2. The van der Waals surface area contributed by atoms with Crippen LogP contribution in [0, 0.1) is 0 Å². The summed E-state index contributed by atoms with van der Waals surface area (Å²) in [5, 5.41) is 0. The van der Waals surface area contributed by atoms with Crippen molar-refractivity contribution in [3.63, 3.8) is 0 Å². The summed E-state index contributed by atoms with van der Waals surface area (Å²) in [6, 6.07) is 21.1. The number of rotatable bonds is 28. The first-order valence-electron chi connectivity index (χ1n) is 19.4. The highest BCUT2D eigenvalue weighted by Gasteiger charge is 2.19. The average Bonchev–Trinajstić information content (AvgIpc) is 3.17. The van der Waals surface area contributed by atoms with Crippen molar-refractivity contribution in [2.75, 3.05) is 47.3 Å². The Labute approximate surface area is 332 Å². The predicted molar refractivity (Wildman–Crippen MR) is 211 cm³/mol. The number of carbonyl (C=O) groups is 3. The zero-order valence-electron chi connectivity index (χ0n) is 33.8. The molecule has 0 atom stereocenters. The summed E-state index contributed by atoms with van der Waals surface area (Å²) in [6.45, 7) is 7.98. The molecule has 0 unspecified atom stereocenters. The predicted octanol–water partition coefficient (Wildman–Crippen LogP) is 8.33. The van der Waals surface area contributed by atoms with Gasteiger partial charge in [0.2, 0.25) is 0 Å². The summed E-state index contributed by atoms with van der Waals surface area (Å²) in [5.74, 6) is 0.490. The highest BCUT2D eigenvalue weighted by atomic mass is 16.6. The Balaban J connectivity index is 1.39. The Morgan fingerprint density at radius 3 is 1.38 bits per heavy atom. The number of hydrogen-bond donors (Lipinski definition) is 0. The summed E-state index contributed by atoms with van der Waals surface area (Å²) in [7, 11) is 3.30. The normalized spacial score (nSPS) is 11.1. The van der Waals surface area contributed by atoms with Crippen LogP contribution in [0.1, 0.15) is 95.2 Å². The number of unbranched alkanes of at least 4 members (excludes halogenated alkanes) is 6. The lowest BCUT2D eigenvalue weighted by atomic mass is 10.2. The first-order chi connectivity index (χ1) is 27.0. The van der Waals surface area contributed by atoms with Crippen LogP contribution >= 0.6 is 0 Å². The van der Waals surface area contributed by atoms with Crippen LogP contribution in [-0.2, 0) is 57.9 Å². The molecule has 0 aliphatic heterocycles. The summed E-state index contributed by atoms with van der Waals surface area (Å²) < 4.78 is 49.5. The van der Waals surface area contributed by atoms with Crippen LogP contribution in [0.25, 0.3) is 0 Å². The molecule has 0 aliphatic carbocycles. The van der Waals surface area contributed by atoms with Crippen molar-refractivity contribution in [1.29, 1.82) is 0 Å². The third kappa shape index (κ3) is 20.8. The molecule has 3 rings (SSSR count). The van der Waals surface area contributed by atoms with Gasteiger partial charge in [0.25, 0.3) is 0 Å². The fourth-order valence-corrected chi connectivity index (χ4v) is 5.30. The van der Waals surface area contributed by atoms with Gasteiger partial charge in [-0.1, -0.05) is 37.1 Å². The second-order valence-electron chi connectivity index (χ2n) is 14.2. The second kappa shape index (κ2) is 26.1. The van der Waals surface area contributed by atoms with Gasteiger partial charge in [0.15, 0.2) is 6.61 Å². The van der Waals surface area contributed by atoms with Gasteiger partial charge in [-0.25, -0.2) is 4.79 Å². The van der Waals surface area contributed by atoms with Crippen LogP contribution in [0.4, 0.5) is 0 Å². The molecular weight excluding hydrogens is 720 g/mol. The molecule has 0 saturated heterocycles. The van der Waals surface area contributed by atoms with E-state index in [0.29, 0.717) is 56.7 Å². The molecular formula is C44H60O12. The van der Waals surface area contributed by atoms with Crippen molar-refractivity contribution in [2.45, 2.75) is 104 Å². The Morgan fingerprint density at radius 2 is 0.929 bits per heavy atom. The molecule has 0 spiro atoms. The Morgan fingerprint density at radius 1 is 0.482 bits per heavy atom. The summed E-state index contributed by atoms with van der Waals surface area (Å²) in [6.07, 6.45) is 7.02. The van der Waals surface area contributed by atoms with Gasteiger partial charge in [0.1, 0.15) is 41.6 Å². The molecule has 0 bridgehead atoms. The SMILES string of the molecule is COc1ccc(COCCCCCCOc2cc(COC(=O)CC(=O)OCC(=O)OC(C)(C)C)cc(OCCCCCCOCc3ccc(OC)cc3)c2)cc1. The molecule has 0 aliphatic rings. The number of hydrogen-bond acceptors (Lipinski definition) is 12. The largest absolute Gasteiger partial charge is 0.497 e. The number of methoxy groups -OCH3 is 2. The Bertz CT molecular complexity index is 1480. The van der Waals surface area contributed by atoms with E-state index in [-0.39, 0.29) is 6.61 Å². The number of esters is 3.